The lowest BCUT2D eigenvalue weighted by molar-refractivity contribution is -0.139. The van der Waals surface area contributed by atoms with Gasteiger partial charge in [0, 0.05) is 4.47 Å². The van der Waals surface area contributed by atoms with Crippen LogP contribution in [-0.2, 0) is 4.79 Å². The van der Waals surface area contributed by atoms with Crippen LogP contribution in [0.4, 0.5) is 0 Å². The van der Waals surface area contributed by atoms with Gasteiger partial charge >= 0.3 is 5.97 Å². The van der Waals surface area contributed by atoms with Crippen molar-refractivity contribution in [3.05, 3.63) is 33.8 Å². The highest BCUT2D eigenvalue weighted by Crippen LogP contribution is 2.18. The van der Waals surface area contributed by atoms with Crippen molar-refractivity contribution in [3.8, 4) is 0 Å². The van der Waals surface area contributed by atoms with E-state index in [1.54, 1.807) is 12.1 Å². The first-order valence-electron chi connectivity index (χ1n) is 5.36. The van der Waals surface area contributed by atoms with Crippen LogP contribution >= 0.6 is 28.6 Å². The Hall–Kier alpha value is -1.01. The maximum atomic E-state index is 11.9. The van der Waals surface area contributed by atoms with E-state index in [9.17, 15) is 9.59 Å². The summed E-state index contributed by atoms with van der Waals surface area (Å²) in [6.45, 7) is 1.91. The average Bonchev–Trinajstić information content (AvgIpc) is 2.27. The number of carboxylic acids is 1. The Morgan fingerprint density at radius 1 is 1.50 bits per heavy atom. The Bertz CT molecular complexity index is 465. The van der Waals surface area contributed by atoms with Crippen LogP contribution in [0.1, 0.15) is 22.3 Å². The molecule has 0 saturated carbocycles. The van der Waals surface area contributed by atoms with Gasteiger partial charge in [-0.2, -0.15) is 12.6 Å². The highest BCUT2D eigenvalue weighted by molar-refractivity contribution is 9.10. The van der Waals surface area contributed by atoms with Crippen molar-refractivity contribution >= 4 is 40.4 Å². The minimum Gasteiger partial charge on any atom is -0.480 e. The smallest absolute Gasteiger partial charge is 0.326 e. The largest absolute Gasteiger partial charge is 0.480 e. The Morgan fingerprint density at radius 2 is 2.17 bits per heavy atom. The fourth-order valence-electron chi connectivity index (χ4n) is 1.43. The number of hydrogen-bond acceptors (Lipinski definition) is 3. The number of thiol groups is 1. The van der Waals surface area contributed by atoms with E-state index in [0.29, 0.717) is 15.8 Å². The first-order chi connectivity index (χ1) is 8.45. The van der Waals surface area contributed by atoms with Gasteiger partial charge in [0.1, 0.15) is 6.04 Å². The molecule has 4 nitrogen and oxygen atoms in total. The zero-order valence-corrected chi connectivity index (χ0v) is 12.3. The van der Waals surface area contributed by atoms with E-state index in [0.717, 1.165) is 5.56 Å². The van der Waals surface area contributed by atoms with Gasteiger partial charge in [0.05, 0.1) is 5.56 Å². The lowest BCUT2D eigenvalue weighted by Crippen LogP contribution is -2.41. The fraction of sp³-hybridized carbons (Fsp3) is 0.333. The summed E-state index contributed by atoms with van der Waals surface area (Å²) in [7, 11) is 0. The maximum Gasteiger partial charge on any atom is 0.326 e. The zero-order chi connectivity index (χ0) is 13.7. The van der Waals surface area contributed by atoms with Gasteiger partial charge in [-0.1, -0.05) is 6.07 Å². The highest BCUT2D eigenvalue weighted by atomic mass is 79.9. The molecule has 0 aliphatic heterocycles. The molecule has 0 fully saturated rings. The number of carboxylic acid groups (broad SMARTS) is 1. The average molecular weight is 332 g/mol. The van der Waals surface area contributed by atoms with E-state index in [1.165, 1.54) is 0 Å². The molecule has 1 rings (SSSR count). The van der Waals surface area contributed by atoms with Gasteiger partial charge in [0.15, 0.2) is 0 Å². The molecule has 0 bridgehead atoms. The lowest BCUT2D eigenvalue weighted by Gasteiger charge is -2.14. The van der Waals surface area contributed by atoms with Crippen LogP contribution in [0.25, 0.3) is 0 Å². The highest BCUT2D eigenvalue weighted by Gasteiger charge is 2.20. The van der Waals surface area contributed by atoms with E-state index in [-0.39, 0.29) is 6.42 Å². The van der Waals surface area contributed by atoms with Crippen molar-refractivity contribution in [3.63, 3.8) is 0 Å². The quantitative estimate of drug-likeness (QED) is 0.725. The molecule has 1 aromatic rings. The van der Waals surface area contributed by atoms with Crippen LogP contribution < -0.4 is 5.32 Å². The second kappa shape index (κ2) is 6.80. The third-order valence-electron chi connectivity index (χ3n) is 2.39. The maximum absolute atomic E-state index is 11.9. The molecule has 0 radical (unpaired) electrons. The molecule has 0 heterocycles. The summed E-state index contributed by atoms with van der Waals surface area (Å²) >= 11 is 7.26. The number of hydrogen-bond donors (Lipinski definition) is 3. The molecule has 0 aliphatic carbocycles. The van der Waals surface area contributed by atoms with E-state index in [2.05, 4.69) is 33.9 Å². The van der Waals surface area contributed by atoms with Gasteiger partial charge in [-0.05, 0) is 52.7 Å². The first-order valence-corrected chi connectivity index (χ1v) is 6.79. The van der Waals surface area contributed by atoms with E-state index >= 15 is 0 Å². The number of aryl methyl sites for hydroxylation is 1. The van der Waals surface area contributed by atoms with Gasteiger partial charge in [-0.25, -0.2) is 4.79 Å². The number of amides is 1. The second-order valence-electron chi connectivity index (χ2n) is 3.86. The van der Waals surface area contributed by atoms with Gasteiger partial charge < -0.3 is 10.4 Å². The van der Waals surface area contributed by atoms with Crippen LogP contribution in [0.5, 0.6) is 0 Å². The zero-order valence-electron chi connectivity index (χ0n) is 9.81. The Labute approximate surface area is 119 Å². The van der Waals surface area contributed by atoms with Gasteiger partial charge in [0.25, 0.3) is 5.91 Å². The Balaban J connectivity index is 2.83. The molecule has 1 amide bonds. The standard InChI is InChI=1S/C12H14BrNO3S/c1-7-2-3-8(9(13)6-7)11(15)14-10(4-5-18)12(16)17/h2-3,6,10,18H,4-5H2,1H3,(H,14,15)(H,16,17). The third-order valence-corrected chi connectivity index (χ3v) is 3.30. The van der Waals surface area contributed by atoms with Crippen LogP contribution in [0.3, 0.4) is 0 Å². The molecule has 0 aromatic heterocycles. The van der Waals surface area contributed by atoms with Gasteiger partial charge in [-0.3, -0.25) is 4.79 Å². The van der Waals surface area contributed by atoms with Gasteiger partial charge in [-0.15, -0.1) is 0 Å². The summed E-state index contributed by atoms with van der Waals surface area (Å²) in [5.41, 5.74) is 1.44. The third kappa shape index (κ3) is 4.03. The second-order valence-corrected chi connectivity index (χ2v) is 5.16. The summed E-state index contributed by atoms with van der Waals surface area (Å²) < 4.78 is 0.648. The van der Waals surface area contributed by atoms with Crippen LogP contribution in [0.2, 0.25) is 0 Å². The van der Waals surface area contributed by atoms with Crippen molar-refractivity contribution in [1.82, 2.24) is 5.32 Å². The minimum absolute atomic E-state index is 0.285. The topological polar surface area (TPSA) is 66.4 Å². The van der Waals surface area contributed by atoms with Crippen molar-refractivity contribution in [2.24, 2.45) is 0 Å². The molecule has 0 spiro atoms. The monoisotopic (exact) mass is 331 g/mol. The molecule has 1 atom stereocenters. The van der Waals surface area contributed by atoms with Gasteiger partial charge in [0.2, 0.25) is 0 Å². The number of rotatable bonds is 5. The molecule has 2 N–H and O–H groups in total. The lowest BCUT2D eigenvalue weighted by atomic mass is 10.1. The molecular formula is C12H14BrNO3S. The molecule has 18 heavy (non-hydrogen) atoms. The molecular weight excluding hydrogens is 318 g/mol. The molecule has 6 heteroatoms. The summed E-state index contributed by atoms with van der Waals surface area (Å²) in [5.74, 6) is -1.07. The number of carbonyl (C=O) groups is 2. The summed E-state index contributed by atoms with van der Waals surface area (Å²) in [6.07, 6.45) is 0.285. The number of aliphatic carboxylic acids is 1. The fourth-order valence-corrected chi connectivity index (χ4v) is 2.36. The minimum atomic E-state index is -1.05. The predicted octanol–water partition coefficient (Wildman–Crippen LogP) is 2.26. The first kappa shape index (κ1) is 15.0. The summed E-state index contributed by atoms with van der Waals surface area (Å²) in [5, 5.41) is 11.4. The van der Waals surface area contributed by atoms with Crippen molar-refractivity contribution in [2.75, 3.05) is 5.75 Å². The van der Waals surface area contributed by atoms with Crippen LogP contribution in [0, 0.1) is 6.92 Å². The van der Waals surface area contributed by atoms with Crippen molar-refractivity contribution < 1.29 is 14.7 Å². The summed E-state index contributed by atoms with van der Waals surface area (Å²) in [6, 6.07) is 4.36. The molecule has 98 valence electrons. The predicted molar refractivity (Wildman–Crippen MR) is 76.2 cm³/mol. The van der Waals surface area contributed by atoms with Crippen molar-refractivity contribution in [1.29, 1.82) is 0 Å². The number of nitrogens with one attached hydrogen (secondary N) is 1. The number of carbonyl (C=O) groups excluding carboxylic acids is 1. The van der Waals surface area contributed by atoms with E-state index in [1.807, 2.05) is 13.0 Å². The SMILES string of the molecule is Cc1ccc(C(=O)NC(CCS)C(=O)O)c(Br)c1. The normalized spacial score (nSPS) is 11.9. The summed E-state index contributed by atoms with van der Waals surface area (Å²) in [4.78, 5) is 22.9. The Morgan fingerprint density at radius 3 is 2.67 bits per heavy atom. The molecule has 1 unspecified atom stereocenters. The van der Waals surface area contributed by atoms with E-state index in [4.69, 9.17) is 5.11 Å². The van der Waals surface area contributed by atoms with Crippen molar-refractivity contribution in [2.45, 2.75) is 19.4 Å². The van der Waals surface area contributed by atoms with Crippen LogP contribution in [0.15, 0.2) is 22.7 Å². The molecule has 0 aliphatic rings. The molecule has 1 aromatic carbocycles. The van der Waals surface area contributed by atoms with E-state index < -0.39 is 17.9 Å². The number of halogens is 1. The van der Waals surface area contributed by atoms with Crippen LogP contribution in [-0.4, -0.2) is 28.8 Å². The Kier molecular flexibility index (Phi) is 5.68. The molecule has 0 saturated heterocycles. The number of benzene rings is 1.